The number of benzene rings is 1. The zero-order valence-electron chi connectivity index (χ0n) is 13.9. The maximum Gasteiger partial charge on any atom is 0.245 e. The normalized spacial score (nSPS) is 17.7. The summed E-state index contributed by atoms with van der Waals surface area (Å²) in [7, 11) is -2.14. The van der Waals surface area contributed by atoms with Crippen LogP contribution in [0.15, 0.2) is 30.3 Å². The number of hydrogen-bond acceptors (Lipinski definition) is 4. The molecule has 24 heavy (non-hydrogen) atoms. The fraction of sp³-hybridized carbons (Fsp3) is 0.500. The number of nitrogens with two attached hydrogens (primary N) is 1. The summed E-state index contributed by atoms with van der Waals surface area (Å²) in [6, 6.07) is 7.91. The fourth-order valence-corrected chi connectivity index (χ4v) is 3.49. The van der Waals surface area contributed by atoms with Gasteiger partial charge in [-0.1, -0.05) is 30.3 Å². The van der Waals surface area contributed by atoms with E-state index in [1.165, 1.54) is 7.05 Å². The molecule has 2 rings (SSSR count). The molecule has 1 fully saturated rings. The lowest BCUT2D eigenvalue weighted by molar-refractivity contribution is -0.138. The van der Waals surface area contributed by atoms with Gasteiger partial charge < -0.3 is 10.6 Å². The molecule has 1 aromatic carbocycles. The van der Waals surface area contributed by atoms with E-state index >= 15 is 0 Å². The number of rotatable bonds is 5. The minimum absolute atomic E-state index is 0.225. The number of carbonyl (C=O) groups is 2. The number of carbonyl (C=O) groups excluding carboxylic acids is 2. The maximum absolute atomic E-state index is 13.0. The Balaban J connectivity index is 2.25. The molecule has 2 N–H and O–H groups in total. The molecule has 132 valence electrons. The predicted molar refractivity (Wildman–Crippen MR) is 90.3 cm³/mol. The number of piperidine rings is 1. The van der Waals surface area contributed by atoms with Crippen LogP contribution >= 0.6 is 0 Å². The minimum Gasteiger partial charge on any atom is -0.369 e. The van der Waals surface area contributed by atoms with Gasteiger partial charge in [0.15, 0.2) is 0 Å². The van der Waals surface area contributed by atoms with Gasteiger partial charge in [-0.2, -0.15) is 4.31 Å². The number of likely N-dealkylation sites (tertiary alicyclic amines) is 1. The minimum atomic E-state index is -3.55. The third-order valence-electron chi connectivity index (χ3n) is 4.44. The molecule has 2 amide bonds. The fourth-order valence-electron chi connectivity index (χ4n) is 2.89. The highest BCUT2D eigenvalue weighted by Gasteiger charge is 2.35. The topological polar surface area (TPSA) is 101 Å². The molecule has 0 saturated carbocycles. The lowest BCUT2D eigenvalue weighted by Crippen LogP contribution is -2.47. The summed E-state index contributed by atoms with van der Waals surface area (Å²) in [5, 5.41) is 0. The van der Waals surface area contributed by atoms with Crippen molar-refractivity contribution in [1.29, 1.82) is 0 Å². The summed E-state index contributed by atoms with van der Waals surface area (Å²) in [6.07, 6.45) is 2.09. The molecule has 0 aliphatic carbocycles. The van der Waals surface area contributed by atoms with Crippen LogP contribution in [0.2, 0.25) is 0 Å². The van der Waals surface area contributed by atoms with Gasteiger partial charge in [0.1, 0.15) is 6.04 Å². The lowest BCUT2D eigenvalue weighted by atomic mass is 9.95. The van der Waals surface area contributed by atoms with Gasteiger partial charge in [0, 0.05) is 26.1 Å². The second kappa shape index (κ2) is 7.31. The monoisotopic (exact) mass is 353 g/mol. The third kappa shape index (κ3) is 4.12. The highest BCUT2D eigenvalue weighted by molar-refractivity contribution is 7.88. The van der Waals surface area contributed by atoms with Crippen LogP contribution in [0.5, 0.6) is 0 Å². The Kier molecular flexibility index (Phi) is 5.61. The molecule has 1 heterocycles. The van der Waals surface area contributed by atoms with Crippen LogP contribution in [0.4, 0.5) is 0 Å². The van der Waals surface area contributed by atoms with Crippen molar-refractivity contribution in [1.82, 2.24) is 9.21 Å². The van der Waals surface area contributed by atoms with E-state index in [2.05, 4.69) is 0 Å². The van der Waals surface area contributed by atoms with Crippen molar-refractivity contribution in [2.24, 2.45) is 11.7 Å². The van der Waals surface area contributed by atoms with E-state index in [1.807, 2.05) is 6.07 Å². The van der Waals surface area contributed by atoms with Crippen LogP contribution < -0.4 is 5.73 Å². The van der Waals surface area contributed by atoms with Crippen LogP contribution in [0.1, 0.15) is 24.4 Å². The zero-order chi connectivity index (χ0) is 17.9. The third-order valence-corrected chi connectivity index (χ3v) is 5.70. The second-order valence-corrected chi connectivity index (χ2v) is 8.14. The Bertz CT molecular complexity index is 697. The molecule has 0 spiro atoms. The average molecular weight is 353 g/mol. The summed E-state index contributed by atoms with van der Waals surface area (Å²) in [5.41, 5.74) is 5.93. The summed E-state index contributed by atoms with van der Waals surface area (Å²) in [4.78, 5) is 25.8. The Morgan fingerprint density at radius 2 is 1.75 bits per heavy atom. The molecule has 1 atom stereocenters. The summed E-state index contributed by atoms with van der Waals surface area (Å²) in [6.45, 7) is 0.792. The number of primary amides is 1. The van der Waals surface area contributed by atoms with Crippen molar-refractivity contribution in [2.75, 3.05) is 26.4 Å². The molecule has 0 radical (unpaired) electrons. The Labute approximate surface area is 142 Å². The van der Waals surface area contributed by atoms with Gasteiger partial charge in [0.2, 0.25) is 21.8 Å². The number of sulfonamides is 1. The molecule has 1 aromatic rings. The second-order valence-electron chi connectivity index (χ2n) is 6.09. The summed E-state index contributed by atoms with van der Waals surface area (Å²) < 4.78 is 25.0. The highest BCUT2D eigenvalue weighted by Crippen LogP contribution is 2.26. The molecule has 0 unspecified atom stereocenters. The van der Waals surface area contributed by atoms with Gasteiger partial charge >= 0.3 is 0 Å². The van der Waals surface area contributed by atoms with E-state index in [0.717, 1.165) is 10.6 Å². The molecule has 1 saturated heterocycles. The first kappa shape index (κ1) is 18.4. The predicted octanol–water partition coefficient (Wildman–Crippen LogP) is 0.343. The summed E-state index contributed by atoms with van der Waals surface area (Å²) >= 11 is 0. The first-order valence-electron chi connectivity index (χ1n) is 7.78. The Morgan fingerprint density at radius 3 is 2.21 bits per heavy atom. The van der Waals surface area contributed by atoms with Gasteiger partial charge in [-0.15, -0.1) is 0 Å². The van der Waals surface area contributed by atoms with E-state index in [9.17, 15) is 18.0 Å². The number of nitrogens with zero attached hydrogens (tertiary/aromatic N) is 2. The van der Waals surface area contributed by atoms with E-state index in [1.54, 1.807) is 29.2 Å². The van der Waals surface area contributed by atoms with Gasteiger partial charge in [0.25, 0.3) is 0 Å². The van der Waals surface area contributed by atoms with E-state index in [4.69, 9.17) is 5.73 Å². The smallest absolute Gasteiger partial charge is 0.245 e. The van der Waals surface area contributed by atoms with Gasteiger partial charge in [-0.05, 0) is 18.4 Å². The Hall–Kier alpha value is -1.93. The highest BCUT2D eigenvalue weighted by atomic mass is 32.2. The van der Waals surface area contributed by atoms with Crippen molar-refractivity contribution in [3.63, 3.8) is 0 Å². The van der Waals surface area contributed by atoms with Crippen LogP contribution in [-0.2, 0) is 19.6 Å². The summed E-state index contributed by atoms with van der Waals surface area (Å²) in [5.74, 6) is -0.858. The lowest BCUT2D eigenvalue weighted by Gasteiger charge is -2.35. The molecule has 0 aromatic heterocycles. The molecule has 1 aliphatic rings. The van der Waals surface area contributed by atoms with Crippen molar-refractivity contribution >= 4 is 21.8 Å². The first-order valence-corrected chi connectivity index (χ1v) is 9.62. The Morgan fingerprint density at radius 1 is 1.21 bits per heavy atom. The number of hydrogen-bond donors (Lipinski definition) is 1. The van der Waals surface area contributed by atoms with Crippen molar-refractivity contribution < 1.29 is 18.0 Å². The van der Waals surface area contributed by atoms with Crippen LogP contribution in [0.3, 0.4) is 0 Å². The van der Waals surface area contributed by atoms with Gasteiger partial charge in [-0.25, -0.2) is 8.42 Å². The van der Waals surface area contributed by atoms with Crippen LogP contribution in [0.25, 0.3) is 0 Å². The number of amides is 2. The van der Waals surface area contributed by atoms with Gasteiger partial charge in [0.05, 0.1) is 6.26 Å². The SMILES string of the molecule is CN([C@@H](C(=O)N1CCC(C(N)=O)CC1)c1ccccc1)S(C)(=O)=O. The molecule has 8 heteroatoms. The molecular formula is C16H23N3O4S. The molecule has 7 nitrogen and oxygen atoms in total. The first-order chi connectivity index (χ1) is 11.2. The quantitative estimate of drug-likeness (QED) is 0.825. The van der Waals surface area contributed by atoms with Gasteiger partial charge in [-0.3, -0.25) is 9.59 Å². The van der Waals surface area contributed by atoms with Crippen LogP contribution in [0, 0.1) is 5.92 Å². The maximum atomic E-state index is 13.0. The van der Waals surface area contributed by atoms with Crippen molar-refractivity contribution in [2.45, 2.75) is 18.9 Å². The molecule has 1 aliphatic heterocycles. The van der Waals surface area contributed by atoms with E-state index in [0.29, 0.717) is 31.5 Å². The van der Waals surface area contributed by atoms with Crippen molar-refractivity contribution in [3.8, 4) is 0 Å². The standard InChI is InChI=1S/C16H23N3O4S/c1-18(24(2,22)23)14(12-6-4-3-5-7-12)16(21)19-10-8-13(9-11-19)15(17)20/h3-7,13-14H,8-11H2,1-2H3,(H2,17,20)/t14-/m1/s1. The average Bonchev–Trinajstić information content (AvgIpc) is 2.55. The zero-order valence-corrected chi connectivity index (χ0v) is 14.7. The van der Waals surface area contributed by atoms with Crippen molar-refractivity contribution in [3.05, 3.63) is 35.9 Å². The largest absolute Gasteiger partial charge is 0.369 e. The van der Waals surface area contributed by atoms with Crippen LogP contribution in [-0.4, -0.2) is 55.8 Å². The van der Waals surface area contributed by atoms with E-state index < -0.39 is 16.1 Å². The molecular weight excluding hydrogens is 330 g/mol. The molecule has 0 bridgehead atoms. The van der Waals surface area contributed by atoms with E-state index in [-0.39, 0.29) is 17.7 Å². The number of likely N-dealkylation sites (N-methyl/N-ethyl adjacent to an activating group) is 1.